The maximum absolute atomic E-state index is 9.75. The fourth-order valence-electron chi connectivity index (χ4n) is 2.74. The van der Waals surface area contributed by atoms with Crippen molar-refractivity contribution < 1.29 is 43.9 Å². The molecular weight excluding hydrogens is 468 g/mol. The van der Waals surface area contributed by atoms with Gasteiger partial charge in [0, 0.05) is 17.7 Å². The highest BCUT2D eigenvalue weighted by molar-refractivity contribution is 6.50. The minimum Gasteiger partial charge on any atom is -0.418 e. The van der Waals surface area contributed by atoms with Gasteiger partial charge >= 0.3 is 26.0 Å². The molecule has 0 bridgehead atoms. The van der Waals surface area contributed by atoms with Gasteiger partial charge in [0.05, 0.1) is 23.3 Å². The van der Waals surface area contributed by atoms with Gasteiger partial charge in [-0.05, 0) is 29.8 Å². The smallest absolute Gasteiger partial charge is 0.418 e. The van der Waals surface area contributed by atoms with Crippen LogP contribution in [0.5, 0.6) is 0 Å². The van der Waals surface area contributed by atoms with Crippen LogP contribution < -0.4 is 4.98 Å². The van der Waals surface area contributed by atoms with Crippen molar-refractivity contribution >= 4 is 14.5 Å². The molecule has 34 heavy (non-hydrogen) atoms. The quantitative estimate of drug-likeness (QED) is 0.164. The van der Waals surface area contributed by atoms with E-state index in [0.717, 1.165) is 33.8 Å². The molecule has 1 N–H and O–H groups in total. The van der Waals surface area contributed by atoms with E-state index < -0.39 is 14.5 Å². The average Bonchev–Trinajstić information content (AvgIpc) is 2.78. The molecular formula is C22H17B2F8NO. The Hall–Kier alpha value is -3.69. The zero-order chi connectivity index (χ0) is 25.2. The summed E-state index contributed by atoms with van der Waals surface area (Å²) in [6.07, 6.45) is 3.87. The summed E-state index contributed by atoms with van der Waals surface area (Å²) in [6, 6.07) is 28.7. The van der Waals surface area contributed by atoms with Gasteiger partial charge in [0.2, 0.25) is 0 Å². The van der Waals surface area contributed by atoms with Gasteiger partial charge in [-0.15, -0.1) is 0 Å². The fourth-order valence-corrected chi connectivity index (χ4v) is 2.74. The van der Waals surface area contributed by atoms with Gasteiger partial charge in [0.15, 0.2) is 12.4 Å². The van der Waals surface area contributed by atoms with Crippen LogP contribution in [0.25, 0.3) is 33.8 Å². The average molecular weight is 485 g/mol. The molecule has 2 heterocycles. The van der Waals surface area contributed by atoms with E-state index in [0.29, 0.717) is 0 Å². The van der Waals surface area contributed by atoms with Crippen LogP contribution in [0.1, 0.15) is 0 Å². The predicted molar refractivity (Wildman–Crippen MR) is 116 cm³/mol. The van der Waals surface area contributed by atoms with Gasteiger partial charge in [-0.2, -0.15) is 0 Å². The summed E-state index contributed by atoms with van der Waals surface area (Å²) < 4.78 is 84.2. The minimum atomic E-state index is -6.00. The molecule has 0 aliphatic heterocycles. The highest BCUT2D eigenvalue weighted by Gasteiger charge is 2.21. The van der Waals surface area contributed by atoms with Crippen molar-refractivity contribution in [3.63, 3.8) is 0 Å². The van der Waals surface area contributed by atoms with E-state index >= 15 is 0 Å². The summed E-state index contributed by atoms with van der Waals surface area (Å²) in [5.41, 5.74) is 4.42. The highest BCUT2D eigenvalue weighted by atomic mass is 19.5. The largest absolute Gasteiger partial charge is 0.673 e. The first-order valence-electron chi connectivity index (χ1n) is 9.70. The lowest BCUT2D eigenvalue weighted by Crippen LogP contribution is -2.02. The predicted octanol–water partition coefficient (Wildman–Crippen LogP) is 7.98. The topological polar surface area (TPSA) is 25.4 Å². The van der Waals surface area contributed by atoms with Crippen molar-refractivity contribution in [2.24, 2.45) is 0 Å². The molecule has 2 aromatic heterocycles. The third-order valence-electron chi connectivity index (χ3n) is 3.96. The highest BCUT2D eigenvalue weighted by Crippen LogP contribution is 2.32. The molecule has 0 spiro atoms. The van der Waals surface area contributed by atoms with E-state index in [4.69, 9.17) is 4.42 Å². The van der Waals surface area contributed by atoms with Crippen molar-refractivity contribution in [1.82, 2.24) is 0 Å². The molecule has 0 saturated heterocycles. The van der Waals surface area contributed by atoms with Crippen molar-refractivity contribution in [2.75, 3.05) is 0 Å². The Morgan fingerprint density at radius 3 is 1.18 bits per heavy atom. The van der Waals surface area contributed by atoms with Crippen molar-refractivity contribution in [2.45, 2.75) is 0 Å². The third-order valence-corrected chi connectivity index (χ3v) is 3.96. The number of benzene rings is 2. The Kier molecular flexibility index (Phi) is 9.35. The molecule has 2 nitrogen and oxygen atoms in total. The van der Waals surface area contributed by atoms with Crippen LogP contribution >= 0.6 is 0 Å². The monoisotopic (exact) mass is 485 g/mol. The lowest BCUT2D eigenvalue weighted by molar-refractivity contribution is -0.377. The fraction of sp³-hybridized carbons (Fsp3) is 0. The second-order valence-corrected chi connectivity index (χ2v) is 6.59. The Morgan fingerprint density at radius 1 is 0.471 bits per heavy atom. The molecule has 4 aromatic rings. The van der Waals surface area contributed by atoms with Gasteiger partial charge in [-0.1, -0.05) is 36.4 Å². The van der Waals surface area contributed by atoms with Crippen molar-refractivity contribution in [3.8, 4) is 33.8 Å². The van der Waals surface area contributed by atoms with E-state index in [1.807, 2.05) is 48.8 Å². The number of pyridine rings is 1. The molecule has 0 aliphatic rings. The second kappa shape index (κ2) is 12.0. The Morgan fingerprint density at radius 2 is 0.824 bits per heavy atom. The van der Waals surface area contributed by atoms with Crippen LogP contribution in [0.4, 0.5) is 34.5 Å². The Bertz CT molecular complexity index is 979. The molecule has 0 fully saturated rings. The maximum Gasteiger partial charge on any atom is 0.673 e. The first kappa shape index (κ1) is 26.6. The van der Waals surface area contributed by atoms with E-state index in [-0.39, 0.29) is 0 Å². The van der Waals surface area contributed by atoms with Gasteiger partial charge in [-0.3, -0.25) is 0 Å². The number of nitrogens with one attached hydrogen (secondary N) is 1. The molecule has 0 saturated carbocycles. The van der Waals surface area contributed by atoms with Crippen LogP contribution in [0.15, 0.2) is 102 Å². The number of hydrogen-bond acceptors (Lipinski definition) is 0. The molecule has 0 unspecified atom stereocenters. The van der Waals surface area contributed by atoms with E-state index in [1.165, 1.54) is 0 Å². The van der Waals surface area contributed by atoms with Crippen LogP contribution in [-0.2, 0) is 0 Å². The third kappa shape index (κ3) is 10.8. The summed E-state index contributed by atoms with van der Waals surface area (Å²) in [7, 11) is -12.0. The molecule has 0 amide bonds. The number of H-pyrrole nitrogens is 1. The lowest BCUT2D eigenvalue weighted by atomic mass is 10.0. The van der Waals surface area contributed by atoms with E-state index in [2.05, 4.69) is 53.5 Å². The second-order valence-electron chi connectivity index (χ2n) is 6.59. The van der Waals surface area contributed by atoms with Crippen molar-refractivity contribution in [3.05, 3.63) is 97.3 Å². The number of hydrogen-bond donors (Lipinski definition) is 0. The van der Waals surface area contributed by atoms with Crippen molar-refractivity contribution in [1.29, 1.82) is 0 Å². The van der Waals surface area contributed by atoms with E-state index in [9.17, 15) is 34.5 Å². The lowest BCUT2D eigenvalue weighted by Gasteiger charge is -2.00. The first-order chi connectivity index (χ1) is 15.9. The normalized spacial score (nSPS) is 10.9. The minimum absolute atomic E-state index is 0.861. The number of aromatic amines is 1. The SMILES string of the molecule is F[B-](F)(F)F.F[B-](F)(F)F.c1ccc(-c2cc(-c3cc[nH+]cc3)cc(-c3ccccc3)[o+]2)cc1. The van der Waals surface area contributed by atoms with Crippen LogP contribution in [-0.4, -0.2) is 14.5 Å². The Balaban J connectivity index is 0.000000347. The van der Waals surface area contributed by atoms with E-state index in [1.54, 1.807) is 0 Å². The number of halogens is 8. The zero-order valence-corrected chi connectivity index (χ0v) is 17.3. The molecule has 0 atom stereocenters. The first-order valence-corrected chi connectivity index (χ1v) is 9.70. The van der Waals surface area contributed by atoms with Gasteiger partial charge in [0.25, 0.3) is 0 Å². The molecule has 2 aromatic carbocycles. The zero-order valence-electron chi connectivity index (χ0n) is 17.3. The molecule has 178 valence electrons. The van der Waals surface area contributed by atoms with Crippen LogP contribution in [0.3, 0.4) is 0 Å². The van der Waals surface area contributed by atoms with Gasteiger partial charge in [0.1, 0.15) is 0 Å². The van der Waals surface area contributed by atoms with Gasteiger partial charge < -0.3 is 34.5 Å². The van der Waals surface area contributed by atoms with Gasteiger partial charge in [-0.25, -0.2) is 9.40 Å². The molecule has 4 rings (SSSR count). The summed E-state index contributed by atoms with van der Waals surface area (Å²) >= 11 is 0. The number of aromatic nitrogens is 1. The maximum atomic E-state index is 9.75. The summed E-state index contributed by atoms with van der Waals surface area (Å²) in [5, 5.41) is 0. The number of rotatable bonds is 3. The van der Waals surface area contributed by atoms with Crippen LogP contribution in [0.2, 0.25) is 0 Å². The summed E-state index contributed by atoms with van der Waals surface area (Å²) in [6.45, 7) is 0. The molecule has 0 aliphatic carbocycles. The summed E-state index contributed by atoms with van der Waals surface area (Å²) in [5.74, 6) is 1.72. The molecule has 12 heteroatoms. The Labute approximate surface area is 190 Å². The molecule has 0 radical (unpaired) electrons. The standard InChI is InChI=1S/C22H16NO.2BF4/c1-3-7-18(8-4-1)21-15-20(17-11-13-23-14-12-17)16-22(24-21)19-9-5-2-6-10-19;2*2-1(3,4)5/h1-16H;;/q+1;2*-1/p+1. The van der Waals surface area contributed by atoms with Crippen LogP contribution in [0, 0.1) is 0 Å². The summed E-state index contributed by atoms with van der Waals surface area (Å²) in [4.78, 5) is 3.07.